The molecular weight excluding hydrogens is 246 g/mol. The number of esters is 1. The van der Waals surface area contributed by atoms with E-state index >= 15 is 0 Å². The number of hydrogen-bond acceptors (Lipinski definition) is 4. The van der Waals surface area contributed by atoms with Crippen LogP contribution in [0.4, 0.5) is 0 Å². The van der Waals surface area contributed by atoms with Crippen molar-refractivity contribution in [1.82, 2.24) is 4.98 Å². The second-order valence-corrected chi connectivity index (χ2v) is 4.61. The molecule has 5 nitrogen and oxygen atoms in total. The number of pyridine rings is 1. The third-order valence-corrected chi connectivity index (χ3v) is 2.81. The minimum Gasteiger partial charge on any atom is -0.477 e. The van der Waals surface area contributed by atoms with Crippen molar-refractivity contribution in [2.24, 2.45) is 0 Å². The van der Waals surface area contributed by atoms with E-state index in [1.165, 1.54) is 0 Å². The summed E-state index contributed by atoms with van der Waals surface area (Å²) < 4.78 is 5.06. The van der Waals surface area contributed by atoms with E-state index < -0.39 is 17.5 Å². The number of nitrogens with zero attached hydrogens (tertiary/aromatic N) is 1. The molecule has 2 heterocycles. The van der Waals surface area contributed by atoms with E-state index in [4.69, 9.17) is 9.84 Å². The molecule has 0 unspecified atom stereocenters. The summed E-state index contributed by atoms with van der Waals surface area (Å²) in [6.45, 7) is 3.31. The lowest BCUT2D eigenvalue weighted by molar-refractivity contribution is -0.147. The Morgan fingerprint density at radius 3 is 2.74 bits per heavy atom. The molecule has 0 saturated carbocycles. The maximum absolute atomic E-state index is 11.5. The molecule has 2 rings (SSSR count). The number of carboxylic acid groups (broad SMARTS) is 1. The zero-order valence-electron chi connectivity index (χ0n) is 10.6. The number of rotatable bonds is 3. The predicted octanol–water partition coefficient (Wildman–Crippen LogP) is 1.81. The van der Waals surface area contributed by atoms with Crippen LogP contribution in [-0.4, -0.2) is 27.6 Å². The Morgan fingerprint density at radius 1 is 1.42 bits per heavy atom. The summed E-state index contributed by atoms with van der Waals surface area (Å²) in [6, 6.07) is 3.60. The summed E-state index contributed by atoms with van der Waals surface area (Å²) in [4.78, 5) is 26.6. The average molecular weight is 259 g/mol. The van der Waals surface area contributed by atoms with Crippen molar-refractivity contribution in [2.45, 2.75) is 19.4 Å². The van der Waals surface area contributed by atoms with Crippen LogP contribution < -0.4 is 0 Å². The lowest BCUT2D eigenvalue weighted by atomic mass is 9.94. The van der Waals surface area contributed by atoms with Gasteiger partial charge < -0.3 is 9.84 Å². The highest BCUT2D eigenvalue weighted by Crippen LogP contribution is 2.33. The number of cyclic esters (lactones) is 1. The Balaban J connectivity index is 2.42. The van der Waals surface area contributed by atoms with Crippen LogP contribution in [0, 0.1) is 0 Å². The molecule has 0 fully saturated rings. The van der Waals surface area contributed by atoms with Gasteiger partial charge in [0.2, 0.25) is 0 Å². The molecule has 0 aromatic carbocycles. The Bertz CT molecular complexity index is 585. The van der Waals surface area contributed by atoms with Crippen molar-refractivity contribution in [3.63, 3.8) is 0 Å². The first-order valence-electron chi connectivity index (χ1n) is 5.71. The van der Waals surface area contributed by atoms with Crippen LogP contribution >= 0.6 is 0 Å². The maximum Gasteiger partial charge on any atom is 0.346 e. The van der Waals surface area contributed by atoms with Gasteiger partial charge in [-0.1, -0.05) is 18.2 Å². The van der Waals surface area contributed by atoms with Gasteiger partial charge in [-0.2, -0.15) is 0 Å². The van der Waals surface area contributed by atoms with Crippen molar-refractivity contribution < 1.29 is 19.4 Å². The van der Waals surface area contributed by atoms with Gasteiger partial charge in [0, 0.05) is 18.0 Å². The van der Waals surface area contributed by atoms with E-state index in [2.05, 4.69) is 4.98 Å². The number of carboxylic acids is 1. The van der Waals surface area contributed by atoms with Crippen molar-refractivity contribution in [3.05, 3.63) is 47.3 Å². The van der Waals surface area contributed by atoms with Crippen LogP contribution in [0.15, 0.2) is 41.7 Å². The fourth-order valence-electron chi connectivity index (χ4n) is 1.89. The summed E-state index contributed by atoms with van der Waals surface area (Å²) in [6.07, 6.45) is 6.58. The molecule has 5 heteroatoms. The number of carbonyl (C=O) groups excluding carboxylic acids is 1. The second-order valence-electron chi connectivity index (χ2n) is 4.61. The van der Waals surface area contributed by atoms with Gasteiger partial charge in [-0.05, 0) is 25.5 Å². The fourth-order valence-corrected chi connectivity index (χ4v) is 1.89. The zero-order chi connectivity index (χ0) is 14.0. The molecule has 98 valence electrons. The molecule has 1 aliphatic heterocycles. The third-order valence-electron chi connectivity index (χ3n) is 2.81. The van der Waals surface area contributed by atoms with Crippen LogP contribution in [0.25, 0.3) is 6.08 Å². The third kappa shape index (κ3) is 2.54. The van der Waals surface area contributed by atoms with Crippen LogP contribution in [0.1, 0.15) is 19.4 Å². The van der Waals surface area contributed by atoms with Gasteiger partial charge in [0.1, 0.15) is 5.60 Å². The van der Waals surface area contributed by atoms with Crippen LogP contribution in [0.3, 0.4) is 0 Å². The lowest BCUT2D eigenvalue weighted by Crippen LogP contribution is -2.22. The number of carbonyl (C=O) groups is 2. The number of aliphatic carboxylic acids is 1. The van der Waals surface area contributed by atoms with Gasteiger partial charge >= 0.3 is 11.9 Å². The van der Waals surface area contributed by atoms with E-state index in [9.17, 15) is 9.59 Å². The number of hydrogen-bond donors (Lipinski definition) is 1. The van der Waals surface area contributed by atoms with Crippen molar-refractivity contribution >= 4 is 18.0 Å². The quantitative estimate of drug-likeness (QED) is 0.661. The maximum atomic E-state index is 11.5. The first kappa shape index (κ1) is 13.0. The van der Waals surface area contributed by atoms with E-state index in [1.807, 2.05) is 6.07 Å². The molecule has 0 bridgehead atoms. The van der Waals surface area contributed by atoms with Crippen molar-refractivity contribution in [1.29, 1.82) is 0 Å². The first-order valence-corrected chi connectivity index (χ1v) is 5.71. The van der Waals surface area contributed by atoms with Gasteiger partial charge in [0.15, 0.2) is 5.57 Å². The normalized spacial score (nSPS) is 17.9. The summed E-state index contributed by atoms with van der Waals surface area (Å²) in [5, 5.41) is 9.08. The zero-order valence-corrected chi connectivity index (χ0v) is 10.6. The van der Waals surface area contributed by atoms with Gasteiger partial charge in [0.25, 0.3) is 0 Å². The lowest BCUT2D eigenvalue weighted by Gasteiger charge is -2.18. The Kier molecular flexibility index (Phi) is 3.21. The first-order chi connectivity index (χ1) is 8.92. The highest BCUT2D eigenvalue weighted by molar-refractivity contribution is 6.16. The largest absolute Gasteiger partial charge is 0.477 e. The molecule has 0 spiro atoms. The van der Waals surface area contributed by atoms with Gasteiger partial charge in [-0.25, -0.2) is 9.59 Å². The second kappa shape index (κ2) is 4.68. The Hall–Kier alpha value is -2.43. The molecule has 1 aromatic rings. The predicted molar refractivity (Wildman–Crippen MR) is 68.1 cm³/mol. The molecule has 0 atom stereocenters. The summed E-state index contributed by atoms with van der Waals surface area (Å²) in [5.74, 6) is -2.08. The average Bonchev–Trinajstić information content (AvgIpc) is 2.57. The summed E-state index contributed by atoms with van der Waals surface area (Å²) in [7, 11) is 0. The highest BCUT2D eigenvalue weighted by Gasteiger charge is 2.42. The van der Waals surface area contributed by atoms with Gasteiger partial charge in [-0.3, -0.25) is 4.98 Å². The molecule has 1 aliphatic rings. The Labute approximate surface area is 110 Å². The molecule has 19 heavy (non-hydrogen) atoms. The van der Waals surface area contributed by atoms with Gasteiger partial charge in [0.05, 0.1) is 0 Å². The van der Waals surface area contributed by atoms with Crippen LogP contribution in [0.2, 0.25) is 0 Å². The van der Waals surface area contributed by atoms with Crippen molar-refractivity contribution in [2.75, 3.05) is 0 Å². The molecular formula is C14H13NO4. The monoisotopic (exact) mass is 259 g/mol. The van der Waals surface area contributed by atoms with Crippen molar-refractivity contribution in [3.8, 4) is 0 Å². The van der Waals surface area contributed by atoms with E-state index in [0.29, 0.717) is 5.57 Å². The van der Waals surface area contributed by atoms with Gasteiger partial charge in [-0.15, -0.1) is 0 Å². The van der Waals surface area contributed by atoms with E-state index in [1.54, 1.807) is 44.5 Å². The smallest absolute Gasteiger partial charge is 0.346 e. The standard InChI is InChI=1S/C14H13NO4/c1-14(2)10(11(12(16)17)13(18)19-14)6-5-9-4-3-7-15-8-9/h3-8H,1-2H3,(H,16,17)/b6-5+. The minimum atomic E-state index is -1.28. The summed E-state index contributed by atoms with van der Waals surface area (Å²) >= 11 is 0. The molecule has 0 radical (unpaired) electrons. The molecule has 1 aromatic heterocycles. The number of ether oxygens (including phenoxy) is 1. The van der Waals surface area contributed by atoms with Crippen LogP contribution in [0.5, 0.6) is 0 Å². The fraction of sp³-hybridized carbons (Fsp3) is 0.214. The Morgan fingerprint density at radius 2 is 2.16 bits per heavy atom. The highest BCUT2D eigenvalue weighted by atomic mass is 16.6. The van der Waals surface area contributed by atoms with E-state index in [-0.39, 0.29) is 5.57 Å². The molecule has 0 amide bonds. The minimum absolute atomic E-state index is 0.315. The number of aromatic nitrogens is 1. The molecule has 0 saturated heterocycles. The summed E-state index contributed by atoms with van der Waals surface area (Å²) in [5.41, 5.74) is -0.0855. The molecule has 0 aliphatic carbocycles. The van der Waals surface area contributed by atoms with Crippen LogP contribution in [-0.2, 0) is 14.3 Å². The topological polar surface area (TPSA) is 76.5 Å². The van der Waals surface area contributed by atoms with E-state index in [0.717, 1.165) is 5.56 Å². The molecule has 1 N–H and O–H groups in total. The SMILES string of the molecule is CC1(C)OC(=O)C(C(=O)O)=C1/C=C/c1cccnc1.